The van der Waals surface area contributed by atoms with Gasteiger partial charge < -0.3 is 4.74 Å². The molecule has 118 valence electrons. The molecular formula is C14H21NO4S2. The molecule has 0 radical (unpaired) electrons. The van der Waals surface area contributed by atoms with Crippen molar-refractivity contribution in [2.24, 2.45) is 5.92 Å². The molecule has 2 unspecified atom stereocenters. The third kappa shape index (κ3) is 3.46. The lowest BCUT2D eigenvalue weighted by molar-refractivity contribution is 0.0602. The average molecular weight is 331 g/mol. The van der Waals surface area contributed by atoms with Crippen LogP contribution in [0.3, 0.4) is 0 Å². The fourth-order valence-electron chi connectivity index (χ4n) is 2.75. The first-order valence-corrected chi connectivity index (χ1v) is 9.42. The van der Waals surface area contributed by atoms with Crippen LogP contribution in [0.1, 0.15) is 47.8 Å². The average Bonchev–Trinajstić information content (AvgIpc) is 2.83. The monoisotopic (exact) mass is 331 g/mol. The number of sulfonamides is 1. The molecule has 1 aliphatic rings. The number of methoxy groups -OCH3 is 1. The third-order valence-corrected chi connectivity index (χ3v) is 6.86. The van der Waals surface area contributed by atoms with Gasteiger partial charge in [0.1, 0.15) is 9.77 Å². The van der Waals surface area contributed by atoms with Gasteiger partial charge in [-0.3, -0.25) is 0 Å². The highest BCUT2D eigenvalue weighted by Crippen LogP contribution is 2.30. The van der Waals surface area contributed by atoms with Gasteiger partial charge in [0.25, 0.3) is 0 Å². The lowest BCUT2D eigenvalue weighted by Crippen LogP contribution is -2.41. The van der Waals surface area contributed by atoms with E-state index < -0.39 is 16.0 Å². The predicted molar refractivity (Wildman–Crippen MR) is 82.1 cm³/mol. The van der Waals surface area contributed by atoms with Crippen molar-refractivity contribution in [2.45, 2.75) is 50.5 Å². The maximum Gasteiger partial charge on any atom is 0.349 e. The van der Waals surface area contributed by atoms with Crippen molar-refractivity contribution in [2.75, 3.05) is 7.11 Å². The van der Waals surface area contributed by atoms with E-state index >= 15 is 0 Å². The number of hydrogen-bond donors (Lipinski definition) is 1. The lowest BCUT2D eigenvalue weighted by atomic mass is 9.87. The summed E-state index contributed by atoms with van der Waals surface area (Å²) < 4.78 is 32.8. The summed E-state index contributed by atoms with van der Waals surface area (Å²) in [7, 11) is -2.45. The molecule has 0 aromatic carbocycles. The van der Waals surface area contributed by atoms with Crippen LogP contribution in [-0.4, -0.2) is 27.5 Å². The highest BCUT2D eigenvalue weighted by molar-refractivity contribution is 7.89. The van der Waals surface area contributed by atoms with E-state index in [1.165, 1.54) is 7.11 Å². The Morgan fingerprint density at radius 3 is 2.67 bits per heavy atom. The van der Waals surface area contributed by atoms with Crippen LogP contribution in [0.25, 0.3) is 0 Å². The molecule has 2 rings (SSSR count). The number of rotatable bonds is 4. The minimum Gasteiger partial charge on any atom is -0.465 e. The molecule has 21 heavy (non-hydrogen) atoms. The highest BCUT2D eigenvalue weighted by Gasteiger charge is 2.32. The molecule has 0 spiro atoms. The van der Waals surface area contributed by atoms with E-state index in [4.69, 9.17) is 0 Å². The number of ether oxygens (including phenoxy) is 1. The van der Waals surface area contributed by atoms with E-state index in [0.29, 0.717) is 11.5 Å². The maximum atomic E-state index is 12.7. The molecule has 1 aromatic heterocycles. The maximum absolute atomic E-state index is 12.7. The summed E-state index contributed by atoms with van der Waals surface area (Å²) in [4.78, 5) is 12.0. The van der Waals surface area contributed by atoms with Crippen molar-refractivity contribution in [3.63, 3.8) is 0 Å². The van der Waals surface area contributed by atoms with Crippen LogP contribution in [0.15, 0.2) is 10.3 Å². The standard InChI is InChI=1S/C14H21NO4S2/c1-9-6-4-5-7-11(9)15-21(17,18)13-10(2)8-20-12(13)14(16)19-3/h8-9,11,15H,4-7H2,1-3H3. The van der Waals surface area contributed by atoms with Crippen LogP contribution in [0.5, 0.6) is 0 Å². The Bertz CT molecular complexity index is 621. The zero-order valence-electron chi connectivity index (χ0n) is 12.5. The van der Waals surface area contributed by atoms with Gasteiger partial charge in [0.2, 0.25) is 10.0 Å². The first-order chi connectivity index (χ1) is 9.86. The molecule has 0 saturated heterocycles. The quantitative estimate of drug-likeness (QED) is 0.861. The number of carbonyl (C=O) groups is 1. The molecule has 1 saturated carbocycles. The van der Waals surface area contributed by atoms with Crippen molar-refractivity contribution in [3.8, 4) is 0 Å². The largest absolute Gasteiger partial charge is 0.465 e. The second-order valence-corrected chi connectivity index (χ2v) is 8.09. The zero-order chi connectivity index (χ0) is 15.6. The first-order valence-electron chi connectivity index (χ1n) is 7.05. The smallest absolute Gasteiger partial charge is 0.349 e. The summed E-state index contributed by atoms with van der Waals surface area (Å²) in [6.07, 6.45) is 4.05. The van der Waals surface area contributed by atoms with E-state index in [9.17, 15) is 13.2 Å². The summed E-state index contributed by atoms with van der Waals surface area (Å²) in [5.41, 5.74) is 0.580. The Morgan fingerprint density at radius 2 is 2.05 bits per heavy atom. The van der Waals surface area contributed by atoms with Gasteiger partial charge >= 0.3 is 5.97 Å². The van der Waals surface area contributed by atoms with Crippen LogP contribution >= 0.6 is 11.3 Å². The third-order valence-electron chi connectivity index (χ3n) is 3.98. The topological polar surface area (TPSA) is 72.5 Å². The van der Waals surface area contributed by atoms with E-state index in [1.54, 1.807) is 12.3 Å². The molecule has 7 heteroatoms. The van der Waals surface area contributed by atoms with Gasteiger partial charge in [-0.05, 0) is 36.6 Å². The van der Waals surface area contributed by atoms with Gasteiger partial charge in [0.05, 0.1) is 7.11 Å². The summed E-state index contributed by atoms with van der Waals surface area (Å²) in [6.45, 7) is 3.76. The summed E-state index contributed by atoms with van der Waals surface area (Å²) in [5.74, 6) is -0.292. The number of thiophene rings is 1. The van der Waals surface area contributed by atoms with Crippen LogP contribution < -0.4 is 4.72 Å². The fraction of sp³-hybridized carbons (Fsp3) is 0.643. The van der Waals surface area contributed by atoms with Crippen LogP contribution in [-0.2, 0) is 14.8 Å². The molecule has 5 nitrogen and oxygen atoms in total. The van der Waals surface area contributed by atoms with E-state index in [1.807, 2.05) is 0 Å². The molecule has 0 amide bonds. The Hall–Kier alpha value is -0.920. The van der Waals surface area contributed by atoms with E-state index in [-0.39, 0.29) is 15.8 Å². The van der Waals surface area contributed by atoms with Crippen molar-refractivity contribution in [1.29, 1.82) is 0 Å². The minimum atomic E-state index is -3.71. The number of carbonyl (C=O) groups excluding carboxylic acids is 1. The second-order valence-electron chi connectivity index (χ2n) is 5.56. The van der Waals surface area contributed by atoms with Crippen molar-refractivity contribution < 1.29 is 17.9 Å². The van der Waals surface area contributed by atoms with Crippen molar-refractivity contribution >= 4 is 27.3 Å². The lowest BCUT2D eigenvalue weighted by Gasteiger charge is -2.29. The molecule has 1 fully saturated rings. The molecule has 0 aliphatic heterocycles. The molecule has 0 bridgehead atoms. The Labute approximate surface area is 129 Å². The fourth-order valence-corrected chi connectivity index (χ4v) is 5.84. The van der Waals surface area contributed by atoms with Gasteiger partial charge in [-0.25, -0.2) is 17.9 Å². The number of nitrogens with one attached hydrogen (secondary N) is 1. The first kappa shape index (κ1) is 16.5. The molecule has 1 aromatic rings. The summed E-state index contributed by atoms with van der Waals surface area (Å²) in [6, 6.07) is -0.0615. The van der Waals surface area contributed by atoms with Crippen molar-refractivity contribution in [3.05, 3.63) is 15.8 Å². The predicted octanol–water partition coefficient (Wildman–Crippen LogP) is 2.70. The molecular weight excluding hydrogens is 310 g/mol. The number of esters is 1. The number of aryl methyl sites for hydroxylation is 1. The summed E-state index contributed by atoms with van der Waals surface area (Å²) >= 11 is 1.10. The zero-order valence-corrected chi connectivity index (χ0v) is 14.1. The summed E-state index contributed by atoms with van der Waals surface area (Å²) in [5, 5.41) is 1.67. The van der Waals surface area contributed by atoms with Gasteiger partial charge in [0.15, 0.2) is 0 Å². The minimum absolute atomic E-state index is 0.0615. The van der Waals surface area contributed by atoms with Crippen LogP contribution in [0.4, 0.5) is 0 Å². The van der Waals surface area contributed by atoms with Gasteiger partial charge in [0, 0.05) is 6.04 Å². The molecule has 2 atom stereocenters. The Morgan fingerprint density at radius 1 is 1.38 bits per heavy atom. The molecule has 1 heterocycles. The van der Waals surface area contributed by atoms with Crippen molar-refractivity contribution in [1.82, 2.24) is 4.72 Å². The van der Waals surface area contributed by atoms with Gasteiger partial charge in [-0.1, -0.05) is 19.8 Å². The molecule has 1 N–H and O–H groups in total. The second kappa shape index (κ2) is 6.46. The Kier molecular flexibility index (Phi) is 5.06. The molecule has 1 aliphatic carbocycles. The normalized spacial score (nSPS) is 23.0. The van der Waals surface area contributed by atoms with Gasteiger partial charge in [-0.2, -0.15) is 0 Å². The SMILES string of the molecule is COC(=O)c1scc(C)c1S(=O)(=O)NC1CCCCC1C. The van der Waals surface area contributed by atoms with Crippen LogP contribution in [0.2, 0.25) is 0 Å². The van der Waals surface area contributed by atoms with E-state index in [0.717, 1.165) is 37.0 Å². The number of hydrogen-bond acceptors (Lipinski definition) is 5. The van der Waals surface area contributed by atoms with Gasteiger partial charge in [-0.15, -0.1) is 11.3 Å². The highest BCUT2D eigenvalue weighted by atomic mass is 32.2. The Balaban J connectivity index is 2.31. The van der Waals surface area contributed by atoms with Crippen LogP contribution in [0, 0.1) is 12.8 Å². The van der Waals surface area contributed by atoms with E-state index in [2.05, 4.69) is 16.4 Å².